The molecule has 0 radical (unpaired) electrons. The zero-order valence-electron chi connectivity index (χ0n) is 21.9. The van der Waals surface area contributed by atoms with Gasteiger partial charge in [-0.3, -0.25) is 24.5 Å². The van der Waals surface area contributed by atoms with E-state index in [1.807, 2.05) is 13.8 Å². The molecule has 204 valence electrons. The van der Waals surface area contributed by atoms with Crippen LogP contribution in [0.1, 0.15) is 46.9 Å². The first-order valence-electron chi connectivity index (χ1n) is 11.7. The number of pyridine rings is 3. The zero-order valence-corrected chi connectivity index (χ0v) is 22.7. The number of nitrogens with zero attached hydrogens (tertiary/aromatic N) is 5. The number of halogens is 2. The summed E-state index contributed by atoms with van der Waals surface area (Å²) in [5.41, 5.74) is -0.138. The van der Waals surface area contributed by atoms with E-state index in [0.29, 0.717) is 11.4 Å². The Kier molecular flexibility index (Phi) is 8.11. The second kappa shape index (κ2) is 11.3. The lowest BCUT2D eigenvalue weighted by atomic mass is 10.00. The van der Waals surface area contributed by atoms with Crippen LogP contribution in [-0.2, 0) is 11.2 Å². The average Bonchev–Trinajstić information content (AvgIpc) is 3.33. The maximum Gasteiger partial charge on any atom is 0.280 e. The fraction of sp³-hybridized carbons (Fsp3) is 0.308. The van der Waals surface area contributed by atoms with Crippen LogP contribution in [0, 0.1) is 6.92 Å². The van der Waals surface area contributed by atoms with Crippen molar-refractivity contribution in [1.82, 2.24) is 24.7 Å². The number of hydrogen-bond acceptors (Lipinski definition) is 9. The number of alkyl halides is 2. The maximum atomic E-state index is 13.6. The van der Waals surface area contributed by atoms with Gasteiger partial charge in [0.05, 0.1) is 24.5 Å². The van der Waals surface area contributed by atoms with Crippen LogP contribution < -0.4 is 15.6 Å². The van der Waals surface area contributed by atoms with E-state index in [2.05, 4.69) is 25.5 Å². The number of rotatable bonds is 9. The summed E-state index contributed by atoms with van der Waals surface area (Å²) in [6, 6.07) is 5.77. The molecule has 0 saturated carbocycles. The summed E-state index contributed by atoms with van der Waals surface area (Å²) in [6.45, 7) is 5.59. The largest absolute Gasteiger partial charge is 0.494 e. The van der Waals surface area contributed by atoms with Gasteiger partial charge in [0.15, 0.2) is 0 Å². The number of amides is 1. The fourth-order valence-corrected chi connectivity index (χ4v) is 4.62. The van der Waals surface area contributed by atoms with Crippen molar-refractivity contribution in [3.8, 4) is 22.7 Å². The second-order valence-corrected chi connectivity index (χ2v) is 10.3. The number of ether oxygens (including phenoxy) is 2. The first-order valence-corrected chi connectivity index (χ1v) is 12.5. The van der Waals surface area contributed by atoms with Gasteiger partial charge in [-0.2, -0.15) is 0 Å². The van der Waals surface area contributed by atoms with Crippen LogP contribution in [0.3, 0.4) is 0 Å². The summed E-state index contributed by atoms with van der Waals surface area (Å²) in [4.78, 5) is 34.1. The van der Waals surface area contributed by atoms with Gasteiger partial charge in [-0.25, -0.2) is 13.8 Å². The molecule has 0 aliphatic heterocycles. The molecule has 1 N–H and O–H groups in total. The topological polar surface area (TPSA) is 121 Å². The summed E-state index contributed by atoms with van der Waals surface area (Å²) < 4.78 is 39.2. The number of methoxy groups -OCH3 is 2. The number of aryl methyl sites for hydroxylation is 1. The van der Waals surface area contributed by atoms with Crippen molar-refractivity contribution in [2.45, 2.75) is 39.2 Å². The van der Waals surface area contributed by atoms with Crippen molar-refractivity contribution in [3.05, 3.63) is 75.0 Å². The van der Waals surface area contributed by atoms with E-state index in [4.69, 9.17) is 9.47 Å². The molecule has 4 heterocycles. The minimum Gasteiger partial charge on any atom is -0.494 e. The third kappa shape index (κ3) is 6.32. The Morgan fingerprint density at radius 2 is 1.90 bits per heavy atom. The lowest BCUT2D eigenvalue weighted by Gasteiger charge is -2.20. The Balaban J connectivity index is 1.80. The lowest BCUT2D eigenvalue weighted by Crippen LogP contribution is -2.25. The molecule has 0 unspecified atom stereocenters. The number of nitrogens with one attached hydrogen (secondary N) is 1. The summed E-state index contributed by atoms with van der Waals surface area (Å²) in [7, 11) is 2.96. The standard InChI is InChI=1S/C26H26F2N6O4S/c1-14-6-7-34(22(35)8-14)20-10-15(16-9-18(23(27)28)29-13-19(16)37-4)17(12-30-20)24(36)31-25-33-32-21(39-25)11-26(2,3)38-5/h6-10,12-13,23H,11H2,1-5H3,(H,31,33,36). The molecule has 0 aliphatic carbocycles. The van der Waals surface area contributed by atoms with Crippen LogP contribution in [-0.4, -0.2) is 50.5 Å². The molecule has 4 aromatic rings. The third-order valence-electron chi connectivity index (χ3n) is 5.90. The molecule has 13 heteroatoms. The van der Waals surface area contributed by atoms with E-state index in [-0.39, 0.29) is 38.9 Å². The molecular weight excluding hydrogens is 530 g/mol. The highest BCUT2D eigenvalue weighted by molar-refractivity contribution is 7.15. The minimum absolute atomic E-state index is 0.0394. The zero-order chi connectivity index (χ0) is 28.3. The summed E-state index contributed by atoms with van der Waals surface area (Å²) in [6.07, 6.45) is 1.59. The van der Waals surface area contributed by atoms with Crippen LogP contribution in [0.5, 0.6) is 5.75 Å². The number of aromatic nitrogens is 5. The van der Waals surface area contributed by atoms with Crippen molar-refractivity contribution in [2.75, 3.05) is 19.5 Å². The van der Waals surface area contributed by atoms with Gasteiger partial charge in [-0.15, -0.1) is 10.2 Å². The number of anilines is 1. The Bertz CT molecular complexity index is 1570. The first-order chi connectivity index (χ1) is 18.5. The predicted octanol–water partition coefficient (Wildman–Crippen LogP) is 4.62. The normalized spacial score (nSPS) is 11.6. The summed E-state index contributed by atoms with van der Waals surface area (Å²) >= 11 is 1.18. The van der Waals surface area contributed by atoms with Gasteiger partial charge < -0.3 is 9.47 Å². The van der Waals surface area contributed by atoms with Crippen LogP contribution in [0.25, 0.3) is 16.9 Å². The first kappa shape index (κ1) is 27.9. The number of carbonyl (C=O) groups is 1. The predicted molar refractivity (Wildman–Crippen MR) is 142 cm³/mol. The molecule has 10 nitrogen and oxygen atoms in total. The summed E-state index contributed by atoms with van der Waals surface area (Å²) in [5, 5.41) is 11.7. The van der Waals surface area contributed by atoms with Crippen LogP contribution in [0.15, 0.2) is 47.7 Å². The monoisotopic (exact) mass is 556 g/mol. The molecule has 0 aromatic carbocycles. The van der Waals surface area contributed by atoms with E-state index in [0.717, 1.165) is 17.8 Å². The fourth-order valence-electron chi connectivity index (χ4n) is 3.67. The van der Waals surface area contributed by atoms with E-state index >= 15 is 0 Å². The third-order valence-corrected chi connectivity index (χ3v) is 6.73. The Morgan fingerprint density at radius 1 is 1.13 bits per heavy atom. The van der Waals surface area contributed by atoms with E-state index in [9.17, 15) is 18.4 Å². The van der Waals surface area contributed by atoms with Crippen LogP contribution in [0.4, 0.5) is 13.9 Å². The van der Waals surface area contributed by atoms with Crippen molar-refractivity contribution in [2.24, 2.45) is 0 Å². The quantitative estimate of drug-likeness (QED) is 0.317. The van der Waals surface area contributed by atoms with Crippen molar-refractivity contribution >= 4 is 22.4 Å². The molecule has 0 fully saturated rings. The molecule has 0 spiro atoms. The smallest absolute Gasteiger partial charge is 0.280 e. The molecule has 0 bridgehead atoms. The van der Waals surface area contributed by atoms with E-state index in [1.54, 1.807) is 26.3 Å². The molecule has 0 aliphatic rings. The molecule has 4 aromatic heterocycles. The van der Waals surface area contributed by atoms with Crippen molar-refractivity contribution in [1.29, 1.82) is 0 Å². The number of hydrogen-bond donors (Lipinski definition) is 1. The van der Waals surface area contributed by atoms with Crippen LogP contribution in [0.2, 0.25) is 0 Å². The van der Waals surface area contributed by atoms with Gasteiger partial charge in [-0.05, 0) is 44.5 Å². The van der Waals surface area contributed by atoms with Gasteiger partial charge in [0, 0.05) is 43.1 Å². The van der Waals surface area contributed by atoms with Gasteiger partial charge in [0.25, 0.3) is 17.9 Å². The van der Waals surface area contributed by atoms with E-state index < -0.39 is 23.6 Å². The highest BCUT2D eigenvalue weighted by Gasteiger charge is 2.24. The maximum absolute atomic E-state index is 13.6. The number of carbonyl (C=O) groups excluding carboxylic acids is 1. The molecule has 39 heavy (non-hydrogen) atoms. The van der Waals surface area contributed by atoms with Gasteiger partial charge in [-0.1, -0.05) is 11.3 Å². The Morgan fingerprint density at radius 3 is 2.56 bits per heavy atom. The average molecular weight is 557 g/mol. The van der Waals surface area contributed by atoms with Gasteiger partial charge >= 0.3 is 0 Å². The Hall–Kier alpha value is -4.10. The summed E-state index contributed by atoms with van der Waals surface area (Å²) in [5.74, 6) is -0.266. The molecule has 4 rings (SSSR count). The van der Waals surface area contributed by atoms with E-state index in [1.165, 1.54) is 41.3 Å². The van der Waals surface area contributed by atoms with Gasteiger partial charge in [0.1, 0.15) is 22.3 Å². The molecular formula is C26H26F2N6O4S. The molecule has 0 atom stereocenters. The van der Waals surface area contributed by atoms with Gasteiger partial charge in [0.2, 0.25) is 5.13 Å². The SMILES string of the molecule is COc1cnc(C(F)F)cc1-c1cc(-n2ccc(C)cc2=O)ncc1C(=O)Nc1nnc(CC(C)(C)OC)s1. The lowest BCUT2D eigenvalue weighted by molar-refractivity contribution is 0.0230. The molecule has 0 saturated heterocycles. The van der Waals surface area contributed by atoms with Crippen LogP contribution >= 0.6 is 11.3 Å². The van der Waals surface area contributed by atoms with Crippen molar-refractivity contribution < 1.29 is 23.0 Å². The highest BCUT2D eigenvalue weighted by Crippen LogP contribution is 2.35. The minimum atomic E-state index is -2.86. The Labute approximate surface area is 226 Å². The molecule has 1 amide bonds. The highest BCUT2D eigenvalue weighted by atomic mass is 32.1. The van der Waals surface area contributed by atoms with Crippen molar-refractivity contribution in [3.63, 3.8) is 0 Å². The second-order valence-electron chi connectivity index (χ2n) is 9.21.